The van der Waals surface area contributed by atoms with Crippen molar-refractivity contribution >= 4 is 29.2 Å². The number of hydrogen-bond donors (Lipinski definition) is 4. The molecule has 15 heteroatoms. The molecule has 15 atom stereocenters. The van der Waals surface area contributed by atoms with Gasteiger partial charge in [-0.2, -0.15) is 0 Å². The molecule has 378 valence electrons. The summed E-state index contributed by atoms with van der Waals surface area (Å²) in [4.78, 5) is 71.6. The Balaban J connectivity index is 1.68. The normalized spacial score (nSPS) is 37.1. The summed E-state index contributed by atoms with van der Waals surface area (Å²) in [5, 5.41) is 43.5. The van der Waals surface area contributed by atoms with E-state index in [0.29, 0.717) is 57.8 Å². The van der Waals surface area contributed by atoms with E-state index in [2.05, 4.69) is 0 Å². The molecule has 1 saturated carbocycles. The lowest BCUT2D eigenvalue weighted by Gasteiger charge is -2.42. The number of nitrogens with zero attached hydrogens (tertiary/aromatic N) is 1. The van der Waals surface area contributed by atoms with Crippen molar-refractivity contribution in [2.75, 3.05) is 34.0 Å². The molecule has 4 rings (SSSR count). The molecule has 67 heavy (non-hydrogen) atoms. The van der Waals surface area contributed by atoms with Crippen molar-refractivity contribution in [1.82, 2.24) is 4.90 Å². The van der Waals surface area contributed by atoms with Crippen LogP contribution in [-0.4, -0.2) is 143 Å². The number of rotatable bonds is 8. The van der Waals surface area contributed by atoms with Crippen LogP contribution >= 0.6 is 0 Å². The van der Waals surface area contributed by atoms with E-state index in [1.165, 1.54) is 11.0 Å². The summed E-state index contributed by atoms with van der Waals surface area (Å²) in [7, 11) is 3.18. The maximum Gasteiger partial charge on any atom is 0.329 e. The molecule has 0 aromatic rings. The third-order valence-electron chi connectivity index (χ3n) is 14.6. The molecule has 3 heterocycles. The smallest absolute Gasteiger partial charge is 0.329 e. The Kier molecular flexibility index (Phi) is 22.3. The summed E-state index contributed by atoms with van der Waals surface area (Å²) < 4.78 is 29.9. The summed E-state index contributed by atoms with van der Waals surface area (Å²) in [5.41, 5.74) is 1.11. The Bertz CT molecular complexity index is 1790. The number of cyclic esters (lactones) is 1. The fourth-order valence-corrected chi connectivity index (χ4v) is 10.3. The molecule has 2 saturated heterocycles. The average Bonchev–Trinajstić information content (AvgIpc) is 3.31. The van der Waals surface area contributed by atoms with Crippen molar-refractivity contribution in [2.45, 2.75) is 180 Å². The van der Waals surface area contributed by atoms with Gasteiger partial charge in [0.15, 0.2) is 5.78 Å². The Morgan fingerprint density at radius 2 is 1.58 bits per heavy atom. The largest absolute Gasteiger partial charge is 0.460 e. The van der Waals surface area contributed by atoms with Crippen LogP contribution in [0.3, 0.4) is 0 Å². The molecule has 0 radical (unpaired) electrons. The molecule has 0 aromatic heterocycles. The Labute approximate surface area is 398 Å². The fourth-order valence-electron chi connectivity index (χ4n) is 10.3. The molecular formula is C52H81NO14. The maximum absolute atomic E-state index is 14.4. The molecule has 4 aliphatic rings. The topological polar surface area (TPSA) is 216 Å². The van der Waals surface area contributed by atoms with Gasteiger partial charge in [-0.05, 0) is 107 Å². The van der Waals surface area contributed by atoms with E-state index in [0.717, 1.165) is 12.0 Å². The van der Waals surface area contributed by atoms with Crippen molar-refractivity contribution in [3.63, 3.8) is 0 Å². The number of Topliss-reactive ketones (excluding diaryl/α,β-unsaturated/α-hetero) is 3. The van der Waals surface area contributed by atoms with Gasteiger partial charge in [0.1, 0.15) is 30.1 Å². The van der Waals surface area contributed by atoms with Gasteiger partial charge in [-0.15, -0.1) is 0 Å². The highest BCUT2D eigenvalue weighted by atomic mass is 16.6. The monoisotopic (exact) mass is 944 g/mol. The quantitative estimate of drug-likeness (QED) is 0.134. The van der Waals surface area contributed by atoms with Crippen LogP contribution < -0.4 is 0 Å². The van der Waals surface area contributed by atoms with Gasteiger partial charge in [0, 0.05) is 51.4 Å². The predicted octanol–water partition coefficient (Wildman–Crippen LogP) is 5.54. The minimum atomic E-state index is -2.44. The van der Waals surface area contributed by atoms with E-state index in [9.17, 15) is 44.4 Å². The Morgan fingerprint density at radius 3 is 2.27 bits per heavy atom. The second-order valence-electron chi connectivity index (χ2n) is 19.9. The highest BCUT2D eigenvalue weighted by Gasteiger charge is 2.53. The number of esters is 1. The van der Waals surface area contributed by atoms with Gasteiger partial charge in [-0.3, -0.25) is 19.2 Å². The summed E-state index contributed by atoms with van der Waals surface area (Å²) in [6.45, 7) is 12.5. The number of carbonyl (C=O) groups excluding carboxylic acids is 5. The molecule has 0 unspecified atom stereocenters. The predicted molar refractivity (Wildman–Crippen MR) is 251 cm³/mol. The number of ketones is 3. The molecule has 3 aliphatic heterocycles. The lowest BCUT2D eigenvalue weighted by Crippen LogP contribution is -2.61. The van der Waals surface area contributed by atoms with Crippen molar-refractivity contribution in [2.24, 2.45) is 35.5 Å². The van der Waals surface area contributed by atoms with Crippen molar-refractivity contribution in [3.8, 4) is 0 Å². The van der Waals surface area contributed by atoms with E-state index in [1.807, 2.05) is 51.2 Å². The third-order valence-corrected chi connectivity index (χ3v) is 14.6. The van der Waals surface area contributed by atoms with Crippen LogP contribution in [0.5, 0.6) is 0 Å². The molecule has 15 nitrogen and oxygen atoms in total. The van der Waals surface area contributed by atoms with Gasteiger partial charge < -0.3 is 49.0 Å². The Morgan fingerprint density at radius 1 is 0.851 bits per heavy atom. The number of amides is 1. The van der Waals surface area contributed by atoms with Crippen LogP contribution in [0.1, 0.15) is 126 Å². The summed E-state index contributed by atoms with van der Waals surface area (Å²) in [5.74, 6) is -8.59. The number of aliphatic hydroxyl groups is 4. The highest BCUT2D eigenvalue weighted by Crippen LogP contribution is 2.38. The van der Waals surface area contributed by atoms with Crippen LogP contribution in [0, 0.1) is 35.5 Å². The van der Waals surface area contributed by atoms with Crippen LogP contribution in [-0.2, 0) is 47.7 Å². The first kappa shape index (κ1) is 56.2. The maximum atomic E-state index is 14.4. The zero-order valence-electron chi connectivity index (χ0n) is 41.5. The molecular weight excluding hydrogens is 863 g/mol. The number of ether oxygens (including phenoxy) is 5. The van der Waals surface area contributed by atoms with Gasteiger partial charge >= 0.3 is 5.97 Å². The van der Waals surface area contributed by atoms with E-state index >= 15 is 0 Å². The number of allylic oxidation sites excluding steroid dienone is 6. The number of aliphatic hydroxyl groups excluding tert-OH is 3. The molecule has 0 spiro atoms. The summed E-state index contributed by atoms with van der Waals surface area (Å²) in [6, 6.07) is -1.16. The zero-order valence-corrected chi connectivity index (χ0v) is 41.5. The van der Waals surface area contributed by atoms with Crippen molar-refractivity contribution in [3.05, 3.63) is 47.6 Å². The molecule has 1 amide bonds. The number of hydrogen-bond acceptors (Lipinski definition) is 14. The van der Waals surface area contributed by atoms with E-state index in [4.69, 9.17) is 23.7 Å². The van der Waals surface area contributed by atoms with Gasteiger partial charge in [-0.1, -0.05) is 71.1 Å². The molecule has 3 fully saturated rings. The first-order valence-electron chi connectivity index (χ1n) is 24.6. The minimum absolute atomic E-state index is 0.0400. The SMILES string of the molecule is CO[C@@H]1C[C@@H]2CC[C@@H](C)[C@@](O)(O2)C(=O)C(=O)N2CCCC[C@H]2C(=O)O[C@H]([C@H](C)C[C@@H]2CC[C@@H](OCCO)[C@H](OC)C2)CC(=O)[C@H](C)C=C(C)[C@@H](O)[C@@H](O)C(=O)[C@@H](C)C[C@H](C)C=CC=CC=C1C. The highest BCUT2D eigenvalue weighted by molar-refractivity contribution is 6.39. The van der Waals surface area contributed by atoms with Crippen molar-refractivity contribution < 1.29 is 68.1 Å². The fraction of sp³-hybridized carbons (Fsp3) is 0.750. The third kappa shape index (κ3) is 15.3. The van der Waals surface area contributed by atoms with Crippen LogP contribution in [0.2, 0.25) is 0 Å². The second-order valence-corrected chi connectivity index (χ2v) is 19.9. The van der Waals surface area contributed by atoms with Crippen LogP contribution in [0.4, 0.5) is 0 Å². The van der Waals surface area contributed by atoms with Gasteiger partial charge in [-0.25, -0.2) is 4.79 Å². The number of carbonyl (C=O) groups is 5. The van der Waals surface area contributed by atoms with Crippen LogP contribution in [0.15, 0.2) is 47.6 Å². The first-order chi connectivity index (χ1) is 31.7. The van der Waals surface area contributed by atoms with Gasteiger partial charge in [0.05, 0.1) is 37.6 Å². The lowest BCUT2D eigenvalue weighted by molar-refractivity contribution is -0.265. The number of fused-ring (bicyclic) bond motifs is 3. The minimum Gasteiger partial charge on any atom is -0.460 e. The summed E-state index contributed by atoms with van der Waals surface area (Å²) in [6.07, 6.45) is 10.6. The molecule has 0 aromatic carbocycles. The van der Waals surface area contributed by atoms with Crippen LogP contribution in [0.25, 0.3) is 0 Å². The first-order valence-corrected chi connectivity index (χ1v) is 24.6. The summed E-state index contributed by atoms with van der Waals surface area (Å²) >= 11 is 0. The number of methoxy groups -OCH3 is 2. The van der Waals surface area contributed by atoms with Gasteiger partial charge in [0.25, 0.3) is 11.7 Å². The van der Waals surface area contributed by atoms with E-state index < -0.39 is 83.5 Å². The van der Waals surface area contributed by atoms with E-state index in [-0.39, 0.29) is 73.9 Å². The molecule has 1 aliphatic carbocycles. The Hall–Kier alpha value is -3.41. The molecule has 4 N–H and O–H groups in total. The lowest BCUT2D eigenvalue weighted by atomic mass is 9.78. The van der Waals surface area contributed by atoms with Gasteiger partial charge in [0.2, 0.25) is 5.79 Å². The second kappa shape index (κ2) is 26.5. The van der Waals surface area contributed by atoms with Crippen molar-refractivity contribution in [1.29, 1.82) is 0 Å². The standard InChI is InChI=1S/C52H81NO14/c1-31-15-11-10-12-16-32(2)43(63-8)29-39-20-18-37(7)52(62,67-39)49(59)50(60)53-22-14-13-17-40(53)51(61)66-44(34(4)27-38-19-21-42(65-24-23-54)45(28-38)64-9)30-41(55)33(3)26-36(6)47(57)48(58)46(56)35(5)25-31/h10-12,15-16,26,31,33-35,37-40,42-45,47-48,54,57-58,62H,13-14,17-25,27-30H2,1-9H3/t31-,33-,34-,35+,37-,38+,39+,40+,42-,43-,44+,45-,47-,48+,52-/m1/s1. The molecule has 2 bridgehead atoms. The van der Waals surface area contributed by atoms with E-state index in [1.54, 1.807) is 41.9 Å². The average molecular weight is 944 g/mol. The number of piperidine rings is 1. The zero-order chi connectivity index (χ0) is 49.6.